The number of nitrogen functional groups attached to an aromatic ring is 1. The maximum absolute atomic E-state index is 10.6. The van der Waals surface area contributed by atoms with Crippen molar-refractivity contribution in [1.29, 1.82) is 0 Å². The van der Waals surface area contributed by atoms with E-state index in [0.717, 1.165) is 4.79 Å². The molecule has 0 saturated carbocycles. The number of hydrogen-bond acceptors (Lipinski definition) is 7. The number of halogens is 1. The third-order valence-corrected chi connectivity index (χ3v) is 2.32. The normalized spacial score (nSPS) is 10.9. The van der Waals surface area contributed by atoms with Crippen LogP contribution in [-0.2, 0) is 0 Å². The fraction of sp³-hybridized carbons (Fsp3) is 0. The zero-order valence-electron chi connectivity index (χ0n) is 8.76. The lowest BCUT2D eigenvalue weighted by molar-refractivity contribution is -0.384. The molecule has 0 radical (unpaired) electrons. The molecule has 0 bridgehead atoms. The predicted octanol–water partition coefficient (Wildman–Crippen LogP) is 0.699. The van der Waals surface area contributed by atoms with E-state index in [9.17, 15) is 10.1 Å². The van der Waals surface area contributed by atoms with Crippen molar-refractivity contribution in [2.24, 2.45) is 5.10 Å². The number of tetrazole rings is 1. The molecule has 9 nitrogen and oxygen atoms in total. The molecule has 0 saturated heterocycles. The van der Waals surface area contributed by atoms with E-state index in [2.05, 4.69) is 20.6 Å². The van der Waals surface area contributed by atoms with Crippen molar-refractivity contribution in [2.75, 3.05) is 5.73 Å². The lowest BCUT2D eigenvalue weighted by atomic mass is 10.2. The minimum Gasteiger partial charge on any atom is -0.365 e. The van der Waals surface area contributed by atoms with Gasteiger partial charge in [-0.3, -0.25) is 10.1 Å². The van der Waals surface area contributed by atoms with Gasteiger partial charge in [-0.15, -0.1) is 0 Å². The maximum Gasteiger partial charge on any atom is 0.270 e. The highest BCUT2D eigenvalue weighted by Gasteiger charge is 2.08. The first-order valence-electron chi connectivity index (χ1n) is 4.60. The first kappa shape index (κ1) is 11.9. The number of nitrogens with zero attached hydrogens (tertiary/aromatic N) is 6. The molecule has 2 rings (SSSR count). The summed E-state index contributed by atoms with van der Waals surface area (Å²) in [7, 11) is 0. The van der Waals surface area contributed by atoms with Crippen molar-refractivity contribution in [2.45, 2.75) is 0 Å². The van der Waals surface area contributed by atoms with Crippen LogP contribution in [0.4, 0.5) is 11.6 Å². The van der Waals surface area contributed by atoms with Crippen LogP contribution in [-0.4, -0.2) is 31.5 Å². The van der Waals surface area contributed by atoms with Crippen LogP contribution in [0.15, 0.2) is 23.3 Å². The molecule has 2 aromatic rings. The molecular formula is C8H6ClN7O2. The van der Waals surface area contributed by atoms with Gasteiger partial charge in [0.2, 0.25) is 0 Å². The quantitative estimate of drug-likeness (QED) is 0.495. The summed E-state index contributed by atoms with van der Waals surface area (Å²) in [5.41, 5.74) is 5.66. The van der Waals surface area contributed by atoms with Gasteiger partial charge in [-0.2, -0.15) is 5.10 Å². The highest BCUT2D eigenvalue weighted by Crippen LogP contribution is 2.20. The average molecular weight is 268 g/mol. The second-order valence-electron chi connectivity index (χ2n) is 3.13. The Labute approximate surface area is 105 Å². The fourth-order valence-electron chi connectivity index (χ4n) is 1.13. The zero-order valence-corrected chi connectivity index (χ0v) is 9.52. The third kappa shape index (κ3) is 2.40. The fourth-order valence-corrected chi connectivity index (χ4v) is 1.30. The molecule has 92 valence electrons. The number of benzene rings is 1. The molecule has 1 aromatic carbocycles. The Bertz CT molecular complexity index is 624. The van der Waals surface area contributed by atoms with Crippen LogP contribution in [0.1, 0.15) is 5.56 Å². The van der Waals surface area contributed by atoms with E-state index in [1.165, 1.54) is 24.4 Å². The summed E-state index contributed by atoms with van der Waals surface area (Å²) in [6.07, 6.45) is 1.28. The number of non-ortho nitro benzene ring substituents is 1. The van der Waals surface area contributed by atoms with Gasteiger partial charge in [0.25, 0.3) is 11.6 Å². The lowest BCUT2D eigenvalue weighted by Gasteiger charge is -1.97. The van der Waals surface area contributed by atoms with Crippen LogP contribution in [0.2, 0.25) is 5.02 Å². The van der Waals surface area contributed by atoms with Crippen molar-refractivity contribution < 1.29 is 4.92 Å². The molecule has 0 unspecified atom stereocenters. The van der Waals surface area contributed by atoms with E-state index >= 15 is 0 Å². The first-order valence-corrected chi connectivity index (χ1v) is 4.98. The summed E-state index contributed by atoms with van der Waals surface area (Å²) in [4.78, 5) is 11.1. The van der Waals surface area contributed by atoms with Gasteiger partial charge >= 0.3 is 0 Å². The lowest BCUT2D eigenvalue weighted by Crippen LogP contribution is -2.00. The Morgan fingerprint density at radius 1 is 1.56 bits per heavy atom. The van der Waals surface area contributed by atoms with Crippen LogP contribution >= 0.6 is 11.6 Å². The number of hydrogen-bond donors (Lipinski definition) is 1. The summed E-state index contributed by atoms with van der Waals surface area (Å²) in [6.45, 7) is 0. The highest BCUT2D eigenvalue weighted by atomic mass is 35.5. The van der Waals surface area contributed by atoms with Gasteiger partial charge in [-0.05, 0) is 16.5 Å². The van der Waals surface area contributed by atoms with E-state index in [1.807, 2.05) is 0 Å². The first-order chi connectivity index (χ1) is 8.58. The van der Waals surface area contributed by atoms with E-state index in [1.54, 1.807) is 0 Å². The minimum absolute atomic E-state index is 0.00666. The molecule has 0 fully saturated rings. The Balaban J connectivity index is 2.34. The molecule has 0 atom stereocenters. The molecule has 0 spiro atoms. The standard InChI is InChI=1S/C8H6ClN7O2/c9-7-2-1-6(16(17)18)3-5(7)4-11-15-8(10)12-13-14-15/h1-4H,(H2,10,12,14)/b11-4-. The third-order valence-electron chi connectivity index (χ3n) is 1.97. The monoisotopic (exact) mass is 267 g/mol. The Morgan fingerprint density at radius 3 is 2.94 bits per heavy atom. The maximum atomic E-state index is 10.6. The summed E-state index contributed by atoms with van der Waals surface area (Å²) >= 11 is 5.87. The summed E-state index contributed by atoms with van der Waals surface area (Å²) in [5.74, 6) is -0.00666. The summed E-state index contributed by atoms with van der Waals surface area (Å²) in [6, 6.07) is 3.99. The van der Waals surface area contributed by atoms with Crippen LogP contribution in [0.3, 0.4) is 0 Å². The molecule has 0 aliphatic heterocycles. The molecule has 10 heteroatoms. The molecule has 1 heterocycles. The number of nitrogens with two attached hydrogens (primary N) is 1. The van der Waals surface area contributed by atoms with Gasteiger partial charge < -0.3 is 5.73 Å². The van der Waals surface area contributed by atoms with Crippen molar-refractivity contribution in [1.82, 2.24) is 20.3 Å². The minimum atomic E-state index is -0.529. The molecule has 2 N–H and O–H groups in total. The second kappa shape index (κ2) is 4.75. The predicted molar refractivity (Wildman–Crippen MR) is 63.3 cm³/mol. The van der Waals surface area contributed by atoms with Gasteiger partial charge in [-0.25, -0.2) is 0 Å². The SMILES string of the molecule is Nc1nnnn1/N=C\c1cc([N+](=O)[O-])ccc1Cl. The Morgan fingerprint density at radius 2 is 2.33 bits per heavy atom. The molecule has 0 aliphatic rings. The van der Waals surface area contributed by atoms with Crippen molar-refractivity contribution in [3.8, 4) is 0 Å². The number of anilines is 1. The van der Waals surface area contributed by atoms with E-state index < -0.39 is 4.92 Å². The molecule has 1 aromatic heterocycles. The van der Waals surface area contributed by atoms with Gasteiger partial charge in [0.1, 0.15) is 0 Å². The Kier molecular flexibility index (Phi) is 3.15. The number of nitro benzene ring substituents is 1. The largest absolute Gasteiger partial charge is 0.365 e. The average Bonchev–Trinajstić information content (AvgIpc) is 2.73. The van der Waals surface area contributed by atoms with Gasteiger partial charge in [0, 0.05) is 22.7 Å². The zero-order chi connectivity index (χ0) is 13.1. The number of rotatable bonds is 3. The molecule has 0 amide bonds. The Hall–Kier alpha value is -2.55. The summed E-state index contributed by atoms with van der Waals surface area (Å²) < 4.78 is 0. The van der Waals surface area contributed by atoms with Crippen LogP contribution in [0.5, 0.6) is 0 Å². The number of aromatic nitrogens is 4. The molecule has 18 heavy (non-hydrogen) atoms. The van der Waals surface area contributed by atoms with Gasteiger partial charge in [0.05, 0.1) is 11.1 Å². The summed E-state index contributed by atoms with van der Waals surface area (Å²) in [5, 5.41) is 24.9. The molecular weight excluding hydrogens is 262 g/mol. The van der Waals surface area contributed by atoms with Crippen LogP contribution in [0.25, 0.3) is 0 Å². The van der Waals surface area contributed by atoms with Crippen molar-refractivity contribution in [3.63, 3.8) is 0 Å². The highest BCUT2D eigenvalue weighted by molar-refractivity contribution is 6.33. The van der Waals surface area contributed by atoms with Gasteiger partial charge in [-0.1, -0.05) is 21.5 Å². The number of nitro groups is 1. The van der Waals surface area contributed by atoms with Gasteiger partial charge in [0.15, 0.2) is 0 Å². The van der Waals surface area contributed by atoms with Crippen LogP contribution in [0, 0.1) is 10.1 Å². The van der Waals surface area contributed by atoms with Crippen molar-refractivity contribution >= 4 is 29.5 Å². The smallest absolute Gasteiger partial charge is 0.270 e. The van der Waals surface area contributed by atoms with Crippen LogP contribution < -0.4 is 5.73 Å². The second-order valence-corrected chi connectivity index (χ2v) is 3.54. The van der Waals surface area contributed by atoms with E-state index in [0.29, 0.717) is 10.6 Å². The van der Waals surface area contributed by atoms with E-state index in [4.69, 9.17) is 17.3 Å². The van der Waals surface area contributed by atoms with Crippen molar-refractivity contribution in [3.05, 3.63) is 38.9 Å². The molecule has 0 aliphatic carbocycles. The topological polar surface area (TPSA) is 125 Å². The van der Waals surface area contributed by atoms with E-state index in [-0.39, 0.29) is 11.6 Å².